The Labute approximate surface area is 144 Å². The number of rotatable bonds is 2. The molecule has 3 heteroatoms. The van der Waals surface area contributed by atoms with Crippen LogP contribution in [0.3, 0.4) is 0 Å². The second kappa shape index (κ2) is 6.19. The minimum Gasteiger partial charge on any atom is -0.0725 e. The number of hydrogen-bond donors (Lipinski definition) is 0. The van der Waals surface area contributed by atoms with Gasteiger partial charge < -0.3 is 0 Å². The van der Waals surface area contributed by atoms with Gasteiger partial charge in [0.15, 0.2) is 0 Å². The molecule has 2 aromatic carbocycles. The molecule has 1 fully saturated rings. The molecule has 2 unspecified atom stereocenters. The number of benzene rings is 2. The van der Waals surface area contributed by atoms with Gasteiger partial charge in [0.2, 0.25) is 0 Å². The highest BCUT2D eigenvalue weighted by Gasteiger charge is 2.58. The van der Waals surface area contributed by atoms with Gasteiger partial charge in [-0.25, -0.2) is 0 Å². The normalized spacial score (nSPS) is 30.6. The van der Waals surface area contributed by atoms with E-state index in [-0.39, 0.29) is 0 Å². The molecule has 23 heavy (non-hydrogen) atoms. The summed E-state index contributed by atoms with van der Waals surface area (Å²) in [5, 5.41) is 3.46. The minimum atomic E-state index is -1.41. The average molecular weight is 355 g/mol. The molecule has 1 heterocycles. The lowest BCUT2D eigenvalue weighted by atomic mass is 10.4. The predicted molar refractivity (Wildman–Crippen MR) is 112 cm³/mol. The summed E-state index contributed by atoms with van der Waals surface area (Å²) in [4.78, 5) is 0. The van der Waals surface area contributed by atoms with E-state index in [9.17, 15) is 0 Å². The van der Waals surface area contributed by atoms with Crippen LogP contribution in [0.2, 0.25) is 38.3 Å². The average Bonchev–Trinajstić information content (AvgIpc) is 2.67. The first-order valence-electron chi connectivity index (χ1n) is 9.03. The Morgan fingerprint density at radius 2 is 0.913 bits per heavy atom. The van der Waals surface area contributed by atoms with E-state index >= 15 is 0 Å². The molecular formula is C20H30Si3. The zero-order chi connectivity index (χ0) is 16.6. The molecule has 0 aliphatic carbocycles. The van der Waals surface area contributed by atoms with E-state index in [1.807, 2.05) is 0 Å². The lowest BCUT2D eigenvalue weighted by Crippen LogP contribution is -2.79. The van der Waals surface area contributed by atoms with Crippen LogP contribution in [0.4, 0.5) is 0 Å². The Bertz CT molecular complexity index is 596. The van der Waals surface area contributed by atoms with Crippen LogP contribution in [-0.4, -0.2) is 22.3 Å². The van der Waals surface area contributed by atoms with Crippen molar-refractivity contribution in [1.82, 2.24) is 0 Å². The third-order valence-electron chi connectivity index (χ3n) is 7.18. The van der Waals surface area contributed by atoms with Gasteiger partial charge in [-0.1, -0.05) is 122 Å². The van der Waals surface area contributed by atoms with Gasteiger partial charge in [0.1, 0.15) is 0 Å². The van der Waals surface area contributed by atoms with Crippen LogP contribution >= 0.6 is 0 Å². The first-order chi connectivity index (χ1) is 10.9. The summed E-state index contributed by atoms with van der Waals surface area (Å²) in [5.74, 6) is 0. The third kappa shape index (κ3) is 2.63. The maximum Gasteiger partial charge on any atom is 0.0747 e. The summed E-state index contributed by atoms with van der Waals surface area (Å²) < 4.78 is 0. The molecule has 0 radical (unpaired) electrons. The van der Waals surface area contributed by atoms with E-state index in [2.05, 4.69) is 86.9 Å². The van der Waals surface area contributed by atoms with Crippen molar-refractivity contribution >= 4 is 32.7 Å². The Balaban J connectivity index is 2.16. The zero-order valence-corrected chi connectivity index (χ0v) is 18.1. The van der Waals surface area contributed by atoms with Crippen LogP contribution < -0.4 is 10.4 Å². The van der Waals surface area contributed by atoms with Crippen molar-refractivity contribution in [2.24, 2.45) is 0 Å². The molecule has 1 aliphatic heterocycles. The van der Waals surface area contributed by atoms with Crippen LogP contribution in [-0.2, 0) is 0 Å². The minimum absolute atomic E-state index is 1.35. The summed E-state index contributed by atoms with van der Waals surface area (Å²) in [6.07, 6.45) is 2.90. The monoisotopic (exact) mass is 354 g/mol. The lowest BCUT2D eigenvalue weighted by Gasteiger charge is -2.50. The van der Waals surface area contributed by atoms with Gasteiger partial charge in [-0.3, -0.25) is 0 Å². The highest BCUT2D eigenvalue weighted by Crippen LogP contribution is 2.39. The number of hydrogen-bond acceptors (Lipinski definition) is 0. The molecule has 3 rings (SSSR count). The molecule has 2 aromatic rings. The molecule has 0 spiro atoms. The zero-order valence-electron chi connectivity index (χ0n) is 15.1. The topological polar surface area (TPSA) is 0 Å². The first kappa shape index (κ1) is 16.9. The SMILES string of the molecule is C[Si]1(c2ccccc2)CCCC[Si](C)(c2ccccc2)[Si]1(C)C. The molecule has 0 nitrogen and oxygen atoms in total. The van der Waals surface area contributed by atoms with E-state index in [4.69, 9.17) is 0 Å². The van der Waals surface area contributed by atoms with E-state index < -0.39 is 22.3 Å². The van der Waals surface area contributed by atoms with Gasteiger partial charge in [0, 0.05) is 7.11 Å². The van der Waals surface area contributed by atoms with Crippen molar-refractivity contribution in [2.75, 3.05) is 0 Å². The quantitative estimate of drug-likeness (QED) is 0.691. The Morgan fingerprint density at radius 3 is 1.26 bits per heavy atom. The van der Waals surface area contributed by atoms with E-state index in [1.54, 1.807) is 10.4 Å². The van der Waals surface area contributed by atoms with Crippen molar-refractivity contribution in [3.8, 4) is 0 Å². The van der Waals surface area contributed by atoms with Crippen molar-refractivity contribution in [3.05, 3.63) is 60.7 Å². The molecule has 0 saturated carbocycles. The largest absolute Gasteiger partial charge is 0.0747 e. The van der Waals surface area contributed by atoms with Crippen molar-refractivity contribution < 1.29 is 0 Å². The Hall–Kier alpha value is -0.909. The predicted octanol–water partition coefficient (Wildman–Crippen LogP) is 4.62. The summed E-state index contributed by atoms with van der Waals surface area (Å²) in [5.41, 5.74) is 0. The van der Waals surface area contributed by atoms with Gasteiger partial charge in [-0.2, -0.15) is 0 Å². The summed E-state index contributed by atoms with van der Waals surface area (Å²) >= 11 is 0. The van der Waals surface area contributed by atoms with Crippen LogP contribution in [0.5, 0.6) is 0 Å². The van der Waals surface area contributed by atoms with Gasteiger partial charge in [-0.15, -0.1) is 0 Å². The van der Waals surface area contributed by atoms with Gasteiger partial charge in [-0.05, 0) is 0 Å². The Morgan fingerprint density at radius 1 is 0.565 bits per heavy atom. The molecule has 0 aromatic heterocycles. The van der Waals surface area contributed by atoms with Crippen LogP contribution in [0.15, 0.2) is 60.7 Å². The molecule has 122 valence electrons. The lowest BCUT2D eigenvalue weighted by molar-refractivity contribution is 0.868. The third-order valence-corrected chi connectivity index (χ3v) is 48.3. The highest BCUT2D eigenvalue weighted by molar-refractivity contribution is 7.73. The second-order valence-electron chi connectivity index (χ2n) is 8.23. The summed E-state index contributed by atoms with van der Waals surface area (Å²) in [6, 6.07) is 26.2. The molecule has 0 bridgehead atoms. The highest BCUT2D eigenvalue weighted by atomic mass is 29.6. The summed E-state index contributed by atoms with van der Waals surface area (Å²) in [7, 11) is -4.17. The van der Waals surface area contributed by atoms with E-state index in [1.165, 1.54) is 24.9 Å². The molecule has 0 amide bonds. The maximum absolute atomic E-state index is 2.76. The maximum atomic E-state index is 2.76. The fourth-order valence-corrected chi connectivity index (χ4v) is 42.7. The van der Waals surface area contributed by atoms with Crippen LogP contribution in [0.1, 0.15) is 12.8 Å². The van der Waals surface area contributed by atoms with E-state index in [0.29, 0.717) is 0 Å². The smallest absolute Gasteiger partial charge is 0.0725 e. The molecule has 0 N–H and O–H groups in total. The van der Waals surface area contributed by atoms with Crippen molar-refractivity contribution in [1.29, 1.82) is 0 Å². The van der Waals surface area contributed by atoms with Gasteiger partial charge in [0.25, 0.3) is 0 Å². The van der Waals surface area contributed by atoms with Gasteiger partial charge in [0.05, 0.1) is 15.2 Å². The molecule has 1 aliphatic rings. The fourth-order valence-electron chi connectivity index (χ4n) is 4.81. The van der Waals surface area contributed by atoms with Gasteiger partial charge >= 0.3 is 0 Å². The second-order valence-corrected chi connectivity index (χ2v) is 34.6. The van der Waals surface area contributed by atoms with Crippen LogP contribution in [0.25, 0.3) is 0 Å². The van der Waals surface area contributed by atoms with Crippen LogP contribution in [0, 0.1) is 0 Å². The molecule has 2 atom stereocenters. The van der Waals surface area contributed by atoms with E-state index in [0.717, 1.165) is 0 Å². The Kier molecular flexibility index (Phi) is 4.56. The van der Waals surface area contributed by atoms with Crippen molar-refractivity contribution in [2.45, 2.75) is 51.1 Å². The fraction of sp³-hybridized carbons (Fsp3) is 0.400. The molecular weight excluding hydrogens is 324 g/mol. The summed E-state index contributed by atoms with van der Waals surface area (Å²) in [6.45, 7) is 11.0. The first-order valence-corrected chi connectivity index (χ1v) is 19.4. The van der Waals surface area contributed by atoms with Crippen molar-refractivity contribution in [3.63, 3.8) is 0 Å². The standard InChI is InChI=1S/C20H30Si3/c1-21(2)22(3,19-13-7-5-8-14-19)17-11-12-18-23(21,4)20-15-9-6-10-16-20/h5-10,13-16H,11-12,17-18H2,1-4H3. The molecule has 1 saturated heterocycles.